The molecule has 0 bridgehead atoms. The molecule has 3 heteroatoms. The van der Waals surface area contributed by atoms with Crippen molar-refractivity contribution in [3.05, 3.63) is 70.1 Å². The largest absolute Gasteiger partial charge is 0.256 e. The van der Waals surface area contributed by atoms with E-state index in [1.165, 1.54) is 38.1 Å². The van der Waals surface area contributed by atoms with Gasteiger partial charge in [0.25, 0.3) is 0 Å². The van der Waals surface area contributed by atoms with Gasteiger partial charge in [-0.05, 0) is 84.5 Å². The van der Waals surface area contributed by atoms with Gasteiger partial charge in [0.05, 0.1) is 5.52 Å². The Balaban J connectivity index is 0.000000855. The van der Waals surface area contributed by atoms with Crippen LogP contribution in [0.15, 0.2) is 59.6 Å². The molecule has 1 nitrogen and oxygen atoms in total. The van der Waals surface area contributed by atoms with Gasteiger partial charge in [0.15, 0.2) is 0 Å². The molecule has 0 saturated carbocycles. The number of hydrogen-bond acceptors (Lipinski definition) is 3. The van der Waals surface area contributed by atoms with E-state index in [-0.39, 0.29) is 0 Å². The summed E-state index contributed by atoms with van der Waals surface area (Å²) in [5, 5.41) is 3.42. The highest BCUT2D eigenvalue weighted by Gasteiger charge is 2.06. The van der Waals surface area contributed by atoms with Crippen LogP contribution < -0.4 is 0 Å². The van der Waals surface area contributed by atoms with E-state index in [9.17, 15) is 0 Å². The Morgan fingerprint density at radius 3 is 2.56 bits per heavy atom. The second kappa shape index (κ2) is 11.8. The van der Waals surface area contributed by atoms with E-state index in [0.29, 0.717) is 0 Å². The smallest absolute Gasteiger partial charge is 0.0731 e. The first kappa shape index (κ1) is 23.2. The van der Waals surface area contributed by atoms with Crippen molar-refractivity contribution in [2.75, 3.05) is 6.26 Å². The average Bonchev–Trinajstić information content (AvgIpc) is 3.19. The first-order valence-corrected chi connectivity index (χ1v) is 11.1. The molecule has 144 valence electrons. The number of allylic oxidation sites excluding steroid dienone is 2. The summed E-state index contributed by atoms with van der Waals surface area (Å²) in [7, 11) is 0. The van der Waals surface area contributed by atoms with E-state index >= 15 is 0 Å². The van der Waals surface area contributed by atoms with E-state index in [0.717, 1.165) is 11.9 Å². The minimum Gasteiger partial charge on any atom is -0.256 e. The molecule has 0 amide bonds. The van der Waals surface area contributed by atoms with Crippen molar-refractivity contribution in [2.24, 2.45) is 0 Å². The molecule has 3 rings (SSSR count). The highest BCUT2D eigenvalue weighted by Crippen LogP contribution is 2.31. The van der Waals surface area contributed by atoms with Crippen LogP contribution in [0.5, 0.6) is 0 Å². The molecule has 2 heterocycles. The Morgan fingerprint density at radius 1 is 1.19 bits per heavy atom. The van der Waals surface area contributed by atoms with Crippen LogP contribution in [-0.2, 0) is 0 Å². The number of pyridine rings is 1. The molecule has 2 aromatic heterocycles. The molecule has 0 fully saturated rings. The quantitative estimate of drug-likeness (QED) is 0.345. The molecule has 3 aromatic rings. The molecule has 0 aliphatic rings. The number of aryl methyl sites for hydroxylation is 1. The van der Waals surface area contributed by atoms with Gasteiger partial charge >= 0.3 is 0 Å². The van der Waals surface area contributed by atoms with Gasteiger partial charge in [0, 0.05) is 16.5 Å². The molecule has 0 aliphatic carbocycles. The number of rotatable bonds is 4. The van der Waals surface area contributed by atoms with Crippen LogP contribution in [0.3, 0.4) is 0 Å². The summed E-state index contributed by atoms with van der Waals surface area (Å²) in [4.78, 5) is 5.75. The molecular weight excluding hydrogens is 366 g/mol. The minimum absolute atomic E-state index is 0.997. The lowest BCUT2D eigenvalue weighted by Gasteiger charge is -2.05. The third-order valence-corrected chi connectivity index (χ3v) is 5.07. The summed E-state index contributed by atoms with van der Waals surface area (Å²) in [6, 6.07) is 10.8. The fourth-order valence-corrected chi connectivity index (χ4v) is 3.62. The highest BCUT2D eigenvalue weighted by atomic mass is 32.1. The Labute approximate surface area is 174 Å². The molecule has 27 heavy (non-hydrogen) atoms. The third-order valence-electron chi connectivity index (χ3n) is 4.19. The lowest BCUT2D eigenvalue weighted by molar-refractivity contribution is 1.12. The number of thiophene rings is 1. The zero-order chi connectivity index (χ0) is 20.4. The van der Waals surface area contributed by atoms with Crippen LogP contribution in [0.1, 0.15) is 44.6 Å². The van der Waals surface area contributed by atoms with Gasteiger partial charge in [-0.1, -0.05) is 39.0 Å². The summed E-state index contributed by atoms with van der Waals surface area (Å²) < 4.78 is 0. The zero-order valence-electron chi connectivity index (χ0n) is 17.3. The van der Waals surface area contributed by atoms with Crippen molar-refractivity contribution in [1.29, 1.82) is 0 Å². The summed E-state index contributed by atoms with van der Waals surface area (Å²) >= 11 is 5.31. The minimum atomic E-state index is 0.997. The number of benzene rings is 1. The van der Waals surface area contributed by atoms with E-state index in [4.69, 9.17) is 0 Å². The predicted octanol–water partition coefficient (Wildman–Crippen LogP) is 8.21. The number of fused-ring (bicyclic) bond motifs is 1. The summed E-state index contributed by atoms with van der Waals surface area (Å²) in [6.07, 6.45) is 6.78. The topological polar surface area (TPSA) is 12.9 Å². The molecule has 0 unspecified atom stereocenters. The van der Waals surface area contributed by atoms with Gasteiger partial charge in [-0.3, -0.25) is 4.98 Å². The maximum absolute atomic E-state index is 4.47. The molecule has 0 aliphatic heterocycles. The van der Waals surface area contributed by atoms with Crippen molar-refractivity contribution in [3.8, 4) is 11.1 Å². The lowest BCUT2D eigenvalue weighted by atomic mass is 10.0. The Kier molecular flexibility index (Phi) is 10.1. The normalized spacial score (nSPS) is 10.6. The third kappa shape index (κ3) is 6.08. The van der Waals surface area contributed by atoms with Gasteiger partial charge in [-0.15, -0.1) is 11.3 Å². The van der Waals surface area contributed by atoms with Crippen LogP contribution in [0.4, 0.5) is 0 Å². The van der Waals surface area contributed by atoms with Gasteiger partial charge in [-0.2, -0.15) is 12.6 Å². The van der Waals surface area contributed by atoms with Crippen molar-refractivity contribution in [2.45, 2.75) is 41.0 Å². The standard InChI is InChI=1S/C21H21NS.C2H6.CH4S/c1-5-14(2)15(3)10-20-12-19(13-23-20)18-9-16(4)21-17(11-18)7-6-8-22-21;2*1-2/h6-13H,2,5H2,1,3-4H3;1-2H3;2H,1H3/b15-10+;;. The van der Waals surface area contributed by atoms with Crippen LogP contribution in [-0.4, -0.2) is 11.2 Å². The van der Waals surface area contributed by atoms with Crippen molar-refractivity contribution in [3.63, 3.8) is 0 Å². The summed E-state index contributed by atoms with van der Waals surface area (Å²) in [5.74, 6) is 0. The van der Waals surface area contributed by atoms with E-state index in [1.807, 2.05) is 26.1 Å². The Bertz CT molecular complexity index is 904. The van der Waals surface area contributed by atoms with Gasteiger partial charge < -0.3 is 0 Å². The van der Waals surface area contributed by atoms with Crippen LogP contribution in [0, 0.1) is 6.92 Å². The number of aromatic nitrogens is 1. The van der Waals surface area contributed by atoms with Crippen LogP contribution in [0.25, 0.3) is 28.1 Å². The van der Waals surface area contributed by atoms with Gasteiger partial charge in [0.1, 0.15) is 0 Å². The predicted molar refractivity (Wildman–Crippen MR) is 129 cm³/mol. The Morgan fingerprint density at radius 2 is 1.89 bits per heavy atom. The monoisotopic (exact) mass is 397 g/mol. The van der Waals surface area contributed by atoms with Crippen molar-refractivity contribution in [1.82, 2.24) is 4.98 Å². The highest BCUT2D eigenvalue weighted by molar-refractivity contribution is 7.79. The Hall–Kier alpha value is -1.84. The second-order valence-corrected chi connectivity index (χ2v) is 6.83. The fourth-order valence-electron chi connectivity index (χ4n) is 2.72. The van der Waals surface area contributed by atoms with E-state index in [2.05, 4.69) is 80.7 Å². The molecule has 0 spiro atoms. The molecule has 0 atom stereocenters. The summed E-state index contributed by atoms with van der Waals surface area (Å²) in [6.45, 7) is 14.5. The van der Waals surface area contributed by atoms with Crippen LogP contribution >= 0.6 is 24.0 Å². The maximum atomic E-state index is 4.47. The SMILES string of the molecule is C=C(CC)/C(C)=C/c1cc(-c2cc(C)c3ncccc3c2)cs1.CC.CS. The molecule has 0 radical (unpaired) electrons. The zero-order valence-corrected chi connectivity index (χ0v) is 19.0. The number of hydrogen-bond donors (Lipinski definition) is 1. The fraction of sp³-hybridized carbons (Fsp3) is 0.292. The van der Waals surface area contributed by atoms with Crippen LogP contribution in [0.2, 0.25) is 0 Å². The lowest BCUT2D eigenvalue weighted by Crippen LogP contribution is -1.84. The van der Waals surface area contributed by atoms with Crippen molar-refractivity contribution >= 4 is 40.9 Å². The average molecular weight is 398 g/mol. The molecule has 0 saturated heterocycles. The number of thiol groups is 1. The summed E-state index contributed by atoms with van der Waals surface area (Å²) in [5.41, 5.74) is 7.29. The maximum Gasteiger partial charge on any atom is 0.0731 e. The first-order chi connectivity index (χ1) is 13.1. The molecular formula is C24H31NS2. The van der Waals surface area contributed by atoms with Gasteiger partial charge in [0.2, 0.25) is 0 Å². The van der Waals surface area contributed by atoms with Crippen molar-refractivity contribution < 1.29 is 0 Å². The molecule has 0 N–H and O–H groups in total. The number of nitrogens with zero attached hydrogens (tertiary/aromatic N) is 1. The van der Waals surface area contributed by atoms with E-state index < -0.39 is 0 Å². The second-order valence-electron chi connectivity index (χ2n) is 5.89. The van der Waals surface area contributed by atoms with Gasteiger partial charge in [-0.25, -0.2) is 0 Å². The van der Waals surface area contributed by atoms with E-state index in [1.54, 1.807) is 17.6 Å². The first-order valence-electron chi connectivity index (χ1n) is 9.34. The molecule has 1 aromatic carbocycles.